The van der Waals surface area contributed by atoms with Crippen LogP contribution in [0.5, 0.6) is 0 Å². The number of carbonyl (C=O) groups excluding carboxylic acids is 1. The van der Waals surface area contributed by atoms with Crippen LogP contribution in [0.3, 0.4) is 0 Å². The maximum Gasteiger partial charge on any atom is 0.222 e. The molecule has 1 atom stereocenters. The van der Waals surface area contributed by atoms with E-state index >= 15 is 0 Å². The first-order valence-electron chi connectivity index (χ1n) is 11.1. The lowest BCUT2D eigenvalue weighted by molar-refractivity contribution is -0.130. The summed E-state index contributed by atoms with van der Waals surface area (Å²) < 4.78 is 5.81. The SMILES string of the molecule is CCNC(=NCC(C)COCc1ccccc1)NCCCN1CCCCCC1=O. The maximum atomic E-state index is 12.1. The van der Waals surface area contributed by atoms with Gasteiger partial charge in [-0.05, 0) is 37.7 Å². The normalized spacial score (nSPS) is 16.4. The van der Waals surface area contributed by atoms with E-state index in [9.17, 15) is 4.79 Å². The molecule has 1 saturated heterocycles. The largest absolute Gasteiger partial charge is 0.376 e. The van der Waals surface area contributed by atoms with Crippen molar-refractivity contribution in [1.29, 1.82) is 0 Å². The zero-order valence-electron chi connectivity index (χ0n) is 18.2. The fourth-order valence-corrected chi connectivity index (χ4v) is 3.35. The summed E-state index contributed by atoms with van der Waals surface area (Å²) >= 11 is 0. The molecule has 0 aliphatic carbocycles. The number of aliphatic imine (C=N–C) groups is 1. The van der Waals surface area contributed by atoms with Gasteiger partial charge in [-0.25, -0.2) is 0 Å². The fraction of sp³-hybridized carbons (Fsp3) is 0.652. The second-order valence-corrected chi connectivity index (χ2v) is 7.80. The number of carbonyl (C=O) groups is 1. The Kier molecular flexibility index (Phi) is 11.2. The number of nitrogens with zero attached hydrogens (tertiary/aromatic N) is 2. The standard InChI is InChI=1S/C23H38N4O2/c1-3-24-23(25-14-10-16-27-15-9-5-8-13-22(27)28)26-17-20(2)18-29-19-21-11-6-4-7-12-21/h4,6-7,11-12,20H,3,5,8-10,13-19H2,1-2H3,(H2,24,25,26). The molecule has 0 aromatic heterocycles. The number of rotatable bonds is 11. The fourth-order valence-electron chi connectivity index (χ4n) is 3.35. The highest BCUT2D eigenvalue weighted by molar-refractivity contribution is 5.79. The maximum absolute atomic E-state index is 12.1. The summed E-state index contributed by atoms with van der Waals surface area (Å²) in [6.07, 6.45) is 4.99. The lowest BCUT2D eigenvalue weighted by atomic mass is 10.2. The molecule has 2 N–H and O–H groups in total. The molecule has 6 heteroatoms. The minimum absolute atomic E-state index is 0.312. The van der Waals surface area contributed by atoms with Gasteiger partial charge in [0.1, 0.15) is 0 Å². The van der Waals surface area contributed by atoms with E-state index in [1.807, 2.05) is 23.1 Å². The topological polar surface area (TPSA) is 66.0 Å². The van der Waals surface area contributed by atoms with Gasteiger partial charge < -0.3 is 20.3 Å². The van der Waals surface area contributed by atoms with Gasteiger partial charge >= 0.3 is 0 Å². The van der Waals surface area contributed by atoms with E-state index in [-0.39, 0.29) is 0 Å². The van der Waals surface area contributed by atoms with Gasteiger partial charge in [0, 0.05) is 39.1 Å². The molecule has 0 bridgehead atoms. The van der Waals surface area contributed by atoms with E-state index in [2.05, 4.69) is 41.6 Å². The van der Waals surface area contributed by atoms with Crippen LogP contribution in [0.15, 0.2) is 35.3 Å². The Bertz CT molecular complexity index is 606. The first kappa shape index (κ1) is 23.2. The molecule has 1 heterocycles. The van der Waals surface area contributed by atoms with Crippen molar-refractivity contribution in [2.45, 2.75) is 52.6 Å². The number of hydrogen-bond acceptors (Lipinski definition) is 3. The molecule has 162 valence electrons. The Morgan fingerprint density at radius 2 is 2.03 bits per heavy atom. The third kappa shape index (κ3) is 9.79. The van der Waals surface area contributed by atoms with Crippen LogP contribution in [0.25, 0.3) is 0 Å². The molecule has 1 fully saturated rings. The van der Waals surface area contributed by atoms with Gasteiger partial charge in [-0.3, -0.25) is 9.79 Å². The molecule has 1 unspecified atom stereocenters. The first-order valence-corrected chi connectivity index (χ1v) is 11.1. The van der Waals surface area contributed by atoms with Crippen LogP contribution in [-0.4, -0.2) is 56.1 Å². The predicted molar refractivity (Wildman–Crippen MR) is 119 cm³/mol. The van der Waals surface area contributed by atoms with Crippen LogP contribution in [0.1, 0.15) is 51.5 Å². The van der Waals surface area contributed by atoms with Crippen LogP contribution in [-0.2, 0) is 16.1 Å². The number of hydrogen-bond donors (Lipinski definition) is 2. The van der Waals surface area contributed by atoms with Crippen molar-refractivity contribution >= 4 is 11.9 Å². The zero-order chi connectivity index (χ0) is 20.7. The Balaban J connectivity index is 1.64. The van der Waals surface area contributed by atoms with Gasteiger partial charge in [0.05, 0.1) is 13.2 Å². The second-order valence-electron chi connectivity index (χ2n) is 7.80. The summed E-state index contributed by atoms with van der Waals surface area (Å²) in [5.74, 6) is 1.50. The van der Waals surface area contributed by atoms with Crippen molar-refractivity contribution in [3.05, 3.63) is 35.9 Å². The molecule has 6 nitrogen and oxygen atoms in total. The Labute approximate surface area is 176 Å². The molecular weight excluding hydrogens is 364 g/mol. The van der Waals surface area contributed by atoms with Gasteiger partial charge in [-0.1, -0.05) is 43.7 Å². The third-order valence-electron chi connectivity index (χ3n) is 4.99. The second kappa shape index (κ2) is 14.0. The number of nitrogens with one attached hydrogen (secondary N) is 2. The molecule has 0 radical (unpaired) electrons. The quantitative estimate of drug-likeness (QED) is 0.339. The van der Waals surface area contributed by atoms with Crippen molar-refractivity contribution in [3.8, 4) is 0 Å². The van der Waals surface area contributed by atoms with Gasteiger partial charge in [0.2, 0.25) is 5.91 Å². The highest BCUT2D eigenvalue weighted by atomic mass is 16.5. The van der Waals surface area contributed by atoms with Gasteiger partial charge in [0.25, 0.3) is 0 Å². The van der Waals surface area contributed by atoms with Crippen molar-refractivity contribution in [2.24, 2.45) is 10.9 Å². The summed E-state index contributed by atoms with van der Waals surface area (Å²) in [6, 6.07) is 10.2. The number of benzene rings is 1. The highest BCUT2D eigenvalue weighted by Gasteiger charge is 2.15. The molecule has 1 aromatic rings. The zero-order valence-corrected chi connectivity index (χ0v) is 18.2. The summed E-state index contributed by atoms with van der Waals surface area (Å²) in [4.78, 5) is 18.8. The highest BCUT2D eigenvalue weighted by Crippen LogP contribution is 2.11. The minimum atomic E-state index is 0.312. The van der Waals surface area contributed by atoms with E-state index in [4.69, 9.17) is 4.74 Å². The van der Waals surface area contributed by atoms with E-state index < -0.39 is 0 Å². The third-order valence-corrected chi connectivity index (χ3v) is 4.99. The van der Waals surface area contributed by atoms with Gasteiger partial charge in [-0.15, -0.1) is 0 Å². The molecular formula is C23H38N4O2. The van der Waals surface area contributed by atoms with E-state index in [1.165, 1.54) is 12.0 Å². The lowest BCUT2D eigenvalue weighted by Gasteiger charge is -2.21. The van der Waals surface area contributed by atoms with Crippen molar-refractivity contribution in [3.63, 3.8) is 0 Å². The van der Waals surface area contributed by atoms with Gasteiger partial charge in [-0.2, -0.15) is 0 Å². The van der Waals surface area contributed by atoms with Crippen LogP contribution in [0, 0.1) is 5.92 Å². The molecule has 2 rings (SSSR count). The minimum Gasteiger partial charge on any atom is -0.376 e. The smallest absolute Gasteiger partial charge is 0.222 e. The summed E-state index contributed by atoms with van der Waals surface area (Å²) in [6.45, 7) is 9.65. The van der Waals surface area contributed by atoms with Crippen molar-refractivity contribution in [2.75, 3.05) is 39.3 Å². The molecule has 1 aromatic carbocycles. The molecule has 1 amide bonds. The summed E-state index contributed by atoms with van der Waals surface area (Å²) in [7, 11) is 0. The molecule has 1 aliphatic rings. The Hall–Kier alpha value is -2.08. The van der Waals surface area contributed by atoms with Crippen LogP contribution in [0.4, 0.5) is 0 Å². The number of likely N-dealkylation sites (tertiary alicyclic amines) is 1. The van der Waals surface area contributed by atoms with Crippen LogP contribution >= 0.6 is 0 Å². The predicted octanol–water partition coefficient (Wildman–Crippen LogP) is 3.19. The number of guanidine groups is 1. The molecule has 29 heavy (non-hydrogen) atoms. The van der Waals surface area contributed by atoms with E-state index in [1.54, 1.807) is 0 Å². The summed E-state index contributed by atoms with van der Waals surface area (Å²) in [5.41, 5.74) is 1.20. The van der Waals surface area contributed by atoms with Crippen LogP contribution in [0.2, 0.25) is 0 Å². The number of ether oxygens (including phenoxy) is 1. The average Bonchev–Trinajstić information content (AvgIpc) is 2.94. The Morgan fingerprint density at radius 3 is 2.83 bits per heavy atom. The van der Waals surface area contributed by atoms with E-state index in [0.29, 0.717) is 38.0 Å². The van der Waals surface area contributed by atoms with Crippen molar-refractivity contribution < 1.29 is 9.53 Å². The molecule has 1 aliphatic heterocycles. The van der Waals surface area contributed by atoms with E-state index in [0.717, 1.165) is 51.4 Å². The average molecular weight is 403 g/mol. The lowest BCUT2D eigenvalue weighted by Crippen LogP contribution is -2.39. The number of amides is 1. The van der Waals surface area contributed by atoms with Gasteiger partial charge in [0.15, 0.2) is 5.96 Å². The van der Waals surface area contributed by atoms with Crippen LogP contribution < -0.4 is 10.6 Å². The molecule has 0 spiro atoms. The first-order chi connectivity index (χ1) is 14.2. The molecule has 0 saturated carbocycles. The Morgan fingerprint density at radius 1 is 1.21 bits per heavy atom. The van der Waals surface area contributed by atoms with Crippen molar-refractivity contribution in [1.82, 2.24) is 15.5 Å². The summed E-state index contributed by atoms with van der Waals surface area (Å²) in [5, 5.41) is 6.68. The monoisotopic (exact) mass is 402 g/mol.